The third-order valence-corrected chi connectivity index (χ3v) is 9.07. The van der Waals surface area contributed by atoms with Crippen LogP contribution in [0.25, 0.3) is 0 Å². The molecule has 3 amide bonds. The number of esters is 4. The number of H-pyrrole nitrogens is 1. The monoisotopic (exact) mass is 833 g/mol. The van der Waals surface area contributed by atoms with Crippen LogP contribution in [0.2, 0.25) is 0 Å². The molecular formula is C42H67N5O12. The van der Waals surface area contributed by atoms with Gasteiger partial charge in [0.15, 0.2) is 6.10 Å². The number of carbonyl (C=O) groups is 6. The van der Waals surface area contributed by atoms with Gasteiger partial charge >= 0.3 is 36.0 Å². The molecule has 17 nitrogen and oxygen atoms in total. The number of nitrogens with zero attached hydrogens (tertiary/aromatic N) is 1. The average Bonchev–Trinajstić information content (AvgIpc) is 3.12. The summed E-state index contributed by atoms with van der Waals surface area (Å²) in [5, 5.41) is 8.06. The Labute approximate surface area is 348 Å². The number of urea groups is 1. The van der Waals surface area contributed by atoms with Crippen molar-refractivity contribution in [3.63, 3.8) is 0 Å². The number of ether oxygens (including phenoxy) is 5. The van der Waals surface area contributed by atoms with E-state index in [1.807, 2.05) is 27.7 Å². The van der Waals surface area contributed by atoms with Crippen molar-refractivity contribution in [2.75, 3.05) is 38.2 Å². The molecule has 0 bridgehead atoms. The highest BCUT2D eigenvalue weighted by molar-refractivity contribution is 5.87. The van der Waals surface area contributed by atoms with Gasteiger partial charge in [-0.05, 0) is 82.0 Å². The van der Waals surface area contributed by atoms with Crippen molar-refractivity contribution in [2.45, 2.75) is 126 Å². The average molecular weight is 834 g/mol. The van der Waals surface area contributed by atoms with E-state index in [1.165, 1.54) is 13.0 Å². The standard InChI is InChI=1S/C42H67N5O12/c1-12-34(49)56-25-32(26-57-37(52)27(2)3)59-36(51)15-18-42(10,11)21-28(4)16-19-43-40(54)58-31(7)24-55-35(50)14-13-17-41(8,9)22-29(5)23-44-39(53)47-38-45-30(6)20-33(48)46-38/h12,20,28-29,31-32H,1-2,13-19,21-26H2,3-11H3,(H,43,54)(H3,44,45,46,47,48,53). The lowest BCUT2D eigenvalue weighted by Gasteiger charge is -2.28. The summed E-state index contributed by atoms with van der Waals surface area (Å²) in [7, 11) is 0. The molecule has 1 heterocycles. The highest BCUT2D eigenvalue weighted by Crippen LogP contribution is 2.32. The third kappa shape index (κ3) is 25.0. The van der Waals surface area contributed by atoms with Gasteiger partial charge in [0.1, 0.15) is 25.9 Å². The highest BCUT2D eigenvalue weighted by Gasteiger charge is 2.26. The lowest BCUT2D eigenvalue weighted by molar-refractivity contribution is -0.164. The Kier molecular flexibility index (Phi) is 22.8. The summed E-state index contributed by atoms with van der Waals surface area (Å²) in [6.45, 7) is 24.1. The number of amides is 3. The van der Waals surface area contributed by atoms with Crippen LogP contribution in [-0.4, -0.2) is 91.1 Å². The van der Waals surface area contributed by atoms with Gasteiger partial charge in [-0.3, -0.25) is 24.7 Å². The van der Waals surface area contributed by atoms with Gasteiger partial charge in [0.05, 0.1) is 0 Å². The molecule has 59 heavy (non-hydrogen) atoms. The molecule has 0 aromatic carbocycles. The molecule has 0 aliphatic heterocycles. The summed E-state index contributed by atoms with van der Waals surface area (Å²) in [6.07, 6.45) is 3.12. The molecule has 1 rings (SSSR count). The molecule has 0 spiro atoms. The Hall–Kier alpha value is -5.22. The van der Waals surface area contributed by atoms with E-state index < -0.39 is 42.2 Å². The molecule has 0 saturated carbocycles. The second kappa shape index (κ2) is 26.0. The molecule has 17 heteroatoms. The van der Waals surface area contributed by atoms with Crippen molar-refractivity contribution in [3.8, 4) is 0 Å². The SMILES string of the molecule is C=CC(=O)OCC(COC(=O)C(=C)C)OC(=O)CCC(C)(C)CC(C)CCNC(=O)OC(C)COC(=O)CCCC(C)(C)CC(C)CNC(=O)Nc1nc(C)cc(=O)[nH]1. The molecule has 4 atom stereocenters. The van der Waals surface area contributed by atoms with Crippen molar-refractivity contribution in [1.29, 1.82) is 0 Å². The van der Waals surface area contributed by atoms with Crippen LogP contribution in [0.1, 0.15) is 112 Å². The minimum atomic E-state index is -0.986. The first kappa shape index (κ1) is 51.8. The van der Waals surface area contributed by atoms with Crippen molar-refractivity contribution >= 4 is 41.9 Å². The highest BCUT2D eigenvalue weighted by atomic mass is 16.6. The van der Waals surface area contributed by atoms with E-state index in [4.69, 9.17) is 23.7 Å². The summed E-state index contributed by atoms with van der Waals surface area (Å²) >= 11 is 0. The van der Waals surface area contributed by atoms with Crippen LogP contribution in [0.3, 0.4) is 0 Å². The summed E-state index contributed by atoms with van der Waals surface area (Å²) < 4.78 is 26.2. The number of alkyl carbamates (subject to hydrolysis) is 1. The predicted octanol–water partition coefficient (Wildman–Crippen LogP) is 6.06. The lowest BCUT2D eigenvalue weighted by Crippen LogP contribution is -2.34. The van der Waals surface area contributed by atoms with E-state index in [0.717, 1.165) is 25.3 Å². The minimum Gasteiger partial charge on any atom is -0.462 e. The third-order valence-electron chi connectivity index (χ3n) is 9.07. The van der Waals surface area contributed by atoms with Gasteiger partial charge in [-0.25, -0.2) is 24.2 Å². The zero-order valence-corrected chi connectivity index (χ0v) is 36.4. The first-order valence-electron chi connectivity index (χ1n) is 20.0. The maximum Gasteiger partial charge on any atom is 0.407 e. The van der Waals surface area contributed by atoms with Gasteiger partial charge in [-0.1, -0.05) is 54.7 Å². The van der Waals surface area contributed by atoms with Gasteiger partial charge in [0, 0.05) is 49.3 Å². The maximum atomic E-state index is 12.6. The summed E-state index contributed by atoms with van der Waals surface area (Å²) in [5.41, 5.74) is -0.0262. The van der Waals surface area contributed by atoms with Crippen LogP contribution in [-0.2, 0) is 42.9 Å². The lowest BCUT2D eigenvalue weighted by atomic mass is 9.79. The molecule has 1 aromatic heterocycles. The van der Waals surface area contributed by atoms with E-state index in [1.54, 1.807) is 13.8 Å². The Morgan fingerprint density at radius 3 is 2.15 bits per heavy atom. The van der Waals surface area contributed by atoms with E-state index in [9.17, 15) is 33.6 Å². The van der Waals surface area contributed by atoms with Crippen LogP contribution in [0.5, 0.6) is 0 Å². The largest absolute Gasteiger partial charge is 0.462 e. The molecule has 0 fully saturated rings. The summed E-state index contributed by atoms with van der Waals surface area (Å²) in [6, 6.07) is 0.866. The number of nitrogens with one attached hydrogen (secondary N) is 4. The van der Waals surface area contributed by atoms with E-state index in [2.05, 4.69) is 52.9 Å². The predicted molar refractivity (Wildman–Crippen MR) is 221 cm³/mol. The first-order chi connectivity index (χ1) is 27.5. The van der Waals surface area contributed by atoms with Crippen LogP contribution in [0.15, 0.2) is 35.7 Å². The number of rotatable bonds is 27. The van der Waals surface area contributed by atoms with Gasteiger partial charge in [-0.15, -0.1) is 0 Å². The topological polar surface area (TPSA) is 230 Å². The fourth-order valence-electron chi connectivity index (χ4n) is 6.32. The molecule has 4 unspecified atom stereocenters. The number of anilines is 1. The molecule has 332 valence electrons. The van der Waals surface area contributed by atoms with Crippen LogP contribution in [0.4, 0.5) is 15.5 Å². The van der Waals surface area contributed by atoms with E-state index in [-0.39, 0.29) is 78.4 Å². The van der Waals surface area contributed by atoms with Gasteiger partial charge < -0.3 is 34.3 Å². The Morgan fingerprint density at radius 2 is 1.51 bits per heavy atom. The molecule has 4 N–H and O–H groups in total. The second-order valence-corrected chi connectivity index (χ2v) is 16.8. The molecular weight excluding hydrogens is 766 g/mol. The Bertz CT molecular complexity index is 1640. The fraction of sp³-hybridized carbons (Fsp3) is 0.667. The smallest absolute Gasteiger partial charge is 0.407 e. The number of hydrogen-bond donors (Lipinski definition) is 4. The van der Waals surface area contributed by atoms with Crippen molar-refractivity contribution < 1.29 is 52.5 Å². The van der Waals surface area contributed by atoms with Crippen LogP contribution < -0.4 is 21.5 Å². The Balaban J connectivity index is 2.31. The molecule has 0 aliphatic carbocycles. The normalized spacial score (nSPS) is 13.4. The van der Waals surface area contributed by atoms with Crippen molar-refractivity contribution in [2.24, 2.45) is 22.7 Å². The van der Waals surface area contributed by atoms with E-state index >= 15 is 0 Å². The molecule has 0 radical (unpaired) electrons. The maximum absolute atomic E-state index is 12.6. The van der Waals surface area contributed by atoms with Gasteiger partial charge in [-0.2, -0.15) is 0 Å². The van der Waals surface area contributed by atoms with E-state index in [0.29, 0.717) is 38.0 Å². The zero-order valence-electron chi connectivity index (χ0n) is 36.4. The fourth-order valence-corrected chi connectivity index (χ4v) is 6.32. The zero-order chi connectivity index (χ0) is 44.8. The van der Waals surface area contributed by atoms with Crippen LogP contribution in [0, 0.1) is 29.6 Å². The quantitative estimate of drug-likeness (QED) is 0.0449. The van der Waals surface area contributed by atoms with Gasteiger partial charge in [0.25, 0.3) is 5.56 Å². The number of aromatic nitrogens is 2. The van der Waals surface area contributed by atoms with Crippen LogP contribution >= 0.6 is 0 Å². The molecule has 0 aliphatic rings. The molecule has 1 aromatic rings. The second-order valence-electron chi connectivity index (χ2n) is 16.8. The summed E-state index contributed by atoms with van der Waals surface area (Å²) in [4.78, 5) is 91.1. The number of aryl methyl sites for hydroxylation is 1. The number of hydrogen-bond acceptors (Lipinski definition) is 13. The molecule has 0 saturated heterocycles. The Morgan fingerprint density at radius 1 is 0.864 bits per heavy atom. The number of aromatic amines is 1. The van der Waals surface area contributed by atoms with Crippen molar-refractivity contribution in [3.05, 3.63) is 46.9 Å². The summed E-state index contributed by atoms with van der Waals surface area (Å²) in [5.74, 6) is -1.85. The first-order valence-corrected chi connectivity index (χ1v) is 20.0. The number of carbonyl (C=O) groups excluding carboxylic acids is 6. The van der Waals surface area contributed by atoms with Gasteiger partial charge in [0.2, 0.25) is 5.95 Å². The van der Waals surface area contributed by atoms with Crippen molar-refractivity contribution in [1.82, 2.24) is 20.6 Å². The minimum absolute atomic E-state index is 0.0697.